The number of nitriles is 1. The maximum absolute atomic E-state index is 8.68. The Balaban J connectivity index is 2.21. The third-order valence-corrected chi connectivity index (χ3v) is 2.33. The highest BCUT2D eigenvalue weighted by Crippen LogP contribution is 2.19. The number of aromatic nitrogens is 3. The van der Waals surface area contributed by atoms with Crippen LogP contribution in [0.5, 0.6) is 0 Å². The van der Waals surface area contributed by atoms with Crippen LogP contribution in [0.4, 0.5) is 0 Å². The number of hydrogen-bond acceptors (Lipinski definition) is 6. The molecule has 1 atom stereocenters. The summed E-state index contributed by atoms with van der Waals surface area (Å²) in [6, 6.07) is 5.32. The zero-order chi connectivity index (χ0) is 13.0. The Labute approximate surface area is 104 Å². The molecule has 0 N–H and O–H groups in total. The van der Waals surface area contributed by atoms with E-state index in [9.17, 15) is 0 Å². The highest BCUT2D eigenvalue weighted by atomic mass is 16.5. The summed E-state index contributed by atoms with van der Waals surface area (Å²) in [4.78, 5) is 8.29. The zero-order valence-electron chi connectivity index (χ0n) is 10.1. The van der Waals surface area contributed by atoms with Crippen LogP contribution >= 0.6 is 0 Å². The fourth-order valence-electron chi connectivity index (χ4n) is 1.42. The minimum absolute atomic E-state index is 0.217. The van der Waals surface area contributed by atoms with Crippen LogP contribution in [0.15, 0.2) is 22.9 Å². The van der Waals surface area contributed by atoms with E-state index in [4.69, 9.17) is 14.5 Å². The lowest BCUT2D eigenvalue weighted by atomic mass is 10.2. The van der Waals surface area contributed by atoms with Gasteiger partial charge in [-0.3, -0.25) is 0 Å². The summed E-state index contributed by atoms with van der Waals surface area (Å²) in [6.07, 6.45) is 1.25. The van der Waals surface area contributed by atoms with Gasteiger partial charge in [0, 0.05) is 12.8 Å². The third kappa shape index (κ3) is 2.52. The lowest BCUT2D eigenvalue weighted by Crippen LogP contribution is -2.01. The van der Waals surface area contributed by atoms with Crippen LogP contribution in [0.1, 0.15) is 31.3 Å². The van der Waals surface area contributed by atoms with Crippen molar-refractivity contribution in [3.05, 3.63) is 29.7 Å². The lowest BCUT2D eigenvalue weighted by molar-refractivity contribution is 0.0683. The lowest BCUT2D eigenvalue weighted by Gasteiger charge is -2.04. The monoisotopic (exact) mass is 244 g/mol. The molecule has 92 valence electrons. The summed E-state index contributed by atoms with van der Waals surface area (Å²) < 4.78 is 10.5. The molecular formula is C12H12N4O2. The molecule has 1 unspecified atom stereocenters. The first kappa shape index (κ1) is 12.2. The summed E-state index contributed by atoms with van der Waals surface area (Å²) in [5, 5.41) is 12.5. The smallest absolute Gasteiger partial charge is 0.276 e. The summed E-state index contributed by atoms with van der Waals surface area (Å²) in [5.74, 6) is 0.805. The van der Waals surface area contributed by atoms with Gasteiger partial charge < -0.3 is 9.26 Å². The number of ether oxygens (including phenoxy) is 1. The van der Waals surface area contributed by atoms with Gasteiger partial charge >= 0.3 is 0 Å². The number of nitrogens with zero attached hydrogens (tertiary/aromatic N) is 4. The Hall–Kier alpha value is -2.26. The second-order valence-electron chi connectivity index (χ2n) is 3.60. The molecule has 6 heteroatoms. The number of hydrogen-bond donors (Lipinski definition) is 0. The average Bonchev–Trinajstić information content (AvgIpc) is 2.89. The highest BCUT2D eigenvalue weighted by molar-refractivity contribution is 5.47. The largest absolute Gasteiger partial charge is 0.371 e. The van der Waals surface area contributed by atoms with E-state index in [0.29, 0.717) is 29.6 Å². The van der Waals surface area contributed by atoms with Gasteiger partial charge in [-0.1, -0.05) is 5.16 Å². The number of rotatable bonds is 4. The van der Waals surface area contributed by atoms with E-state index in [1.165, 1.54) is 6.20 Å². The molecule has 0 radical (unpaired) electrons. The van der Waals surface area contributed by atoms with Crippen molar-refractivity contribution in [3.8, 4) is 17.7 Å². The molecule has 2 rings (SSSR count). The van der Waals surface area contributed by atoms with Crippen molar-refractivity contribution in [2.75, 3.05) is 6.61 Å². The predicted octanol–water partition coefficient (Wildman–Crippen LogP) is 2.10. The topological polar surface area (TPSA) is 84.8 Å². The molecule has 0 fully saturated rings. The highest BCUT2D eigenvalue weighted by Gasteiger charge is 2.15. The molecule has 0 saturated carbocycles. The minimum Gasteiger partial charge on any atom is -0.371 e. The van der Waals surface area contributed by atoms with E-state index in [2.05, 4.69) is 15.1 Å². The summed E-state index contributed by atoms with van der Waals surface area (Å²) in [7, 11) is 0. The Kier molecular flexibility index (Phi) is 3.65. The fraction of sp³-hybridized carbons (Fsp3) is 0.333. The summed E-state index contributed by atoms with van der Waals surface area (Å²) >= 11 is 0. The van der Waals surface area contributed by atoms with Gasteiger partial charge in [0.2, 0.25) is 5.82 Å². The van der Waals surface area contributed by atoms with E-state index < -0.39 is 0 Å². The van der Waals surface area contributed by atoms with Crippen molar-refractivity contribution < 1.29 is 9.26 Å². The fourth-order valence-corrected chi connectivity index (χ4v) is 1.42. The van der Waals surface area contributed by atoms with Crippen LogP contribution in [-0.2, 0) is 4.74 Å². The first-order chi connectivity index (χ1) is 8.74. The Morgan fingerprint density at radius 1 is 1.50 bits per heavy atom. The first-order valence-electron chi connectivity index (χ1n) is 5.56. The normalized spacial score (nSPS) is 12.1. The molecule has 0 aliphatic carbocycles. The van der Waals surface area contributed by atoms with Gasteiger partial charge in [-0.25, -0.2) is 4.98 Å². The summed E-state index contributed by atoms with van der Waals surface area (Å²) in [5.41, 5.74) is 1.03. The molecule has 2 aromatic heterocycles. The van der Waals surface area contributed by atoms with Gasteiger partial charge in [0.15, 0.2) is 0 Å². The van der Waals surface area contributed by atoms with Crippen molar-refractivity contribution in [1.82, 2.24) is 15.1 Å². The van der Waals surface area contributed by atoms with Crippen molar-refractivity contribution in [1.29, 1.82) is 5.26 Å². The SMILES string of the molecule is CCOC(C)c1noc(-c2ccc(C#N)cn2)n1. The summed E-state index contributed by atoms with van der Waals surface area (Å²) in [6.45, 7) is 4.34. The standard InChI is InChI=1S/C12H12N4O2/c1-3-17-8(2)11-15-12(18-16-11)10-5-4-9(6-13)7-14-10/h4-5,7-8H,3H2,1-2H3. The van der Waals surface area contributed by atoms with Crippen LogP contribution in [0, 0.1) is 11.3 Å². The Morgan fingerprint density at radius 3 is 2.94 bits per heavy atom. The molecular weight excluding hydrogens is 232 g/mol. The quantitative estimate of drug-likeness (QED) is 0.818. The molecule has 2 aromatic rings. The Morgan fingerprint density at radius 2 is 2.33 bits per heavy atom. The van der Waals surface area contributed by atoms with Gasteiger partial charge in [-0.2, -0.15) is 10.2 Å². The first-order valence-corrected chi connectivity index (χ1v) is 5.56. The van der Waals surface area contributed by atoms with E-state index in [1.807, 2.05) is 19.9 Å². The van der Waals surface area contributed by atoms with Crippen LogP contribution in [0.2, 0.25) is 0 Å². The van der Waals surface area contributed by atoms with Crippen molar-refractivity contribution in [3.63, 3.8) is 0 Å². The third-order valence-electron chi connectivity index (χ3n) is 2.33. The second-order valence-corrected chi connectivity index (χ2v) is 3.60. The van der Waals surface area contributed by atoms with Gasteiger partial charge in [-0.15, -0.1) is 0 Å². The van der Waals surface area contributed by atoms with E-state index in [0.717, 1.165) is 0 Å². The maximum atomic E-state index is 8.68. The van der Waals surface area contributed by atoms with E-state index >= 15 is 0 Å². The number of pyridine rings is 1. The van der Waals surface area contributed by atoms with Gasteiger partial charge in [0.25, 0.3) is 5.89 Å². The molecule has 18 heavy (non-hydrogen) atoms. The van der Waals surface area contributed by atoms with Crippen molar-refractivity contribution in [2.24, 2.45) is 0 Å². The molecule has 0 spiro atoms. The molecule has 0 aliphatic heterocycles. The van der Waals surface area contributed by atoms with Crippen molar-refractivity contribution >= 4 is 0 Å². The van der Waals surface area contributed by atoms with E-state index in [-0.39, 0.29) is 6.10 Å². The Bertz CT molecular complexity index is 556. The van der Waals surface area contributed by atoms with Crippen LogP contribution in [-0.4, -0.2) is 21.7 Å². The minimum atomic E-state index is -0.217. The van der Waals surface area contributed by atoms with Crippen LogP contribution in [0.25, 0.3) is 11.6 Å². The predicted molar refractivity (Wildman–Crippen MR) is 62.3 cm³/mol. The van der Waals surface area contributed by atoms with Crippen LogP contribution in [0.3, 0.4) is 0 Å². The molecule has 2 heterocycles. The van der Waals surface area contributed by atoms with Gasteiger partial charge in [-0.05, 0) is 26.0 Å². The van der Waals surface area contributed by atoms with E-state index in [1.54, 1.807) is 12.1 Å². The maximum Gasteiger partial charge on any atom is 0.276 e. The molecule has 0 saturated heterocycles. The van der Waals surface area contributed by atoms with Gasteiger partial charge in [0.1, 0.15) is 17.9 Å². The molecule has 0 aliphatic rings. The molecule has 0 amide bonds. The zero-order valence-corrected chi connectivity index (χ0v) is 10.1. The second kappa shape index (κ2) is 5.38. The van der Waals surface area contributed by atoms with Crippen molar-refractivity contribution in [2.45, 2.75) is 20.0 Å². The van der Waals surface area contributed by atoms with Crippen LogP contribution < -0.4 is 0 Å². The molecule has 0 bridgehead atoms. The average molecular weight is 244 g/mol. The molecule has 0 aromatic carbocycles. The molecule has 6 nitrogen and oxygen atoms in total. The van der Waals surface area contributed by atoms with Gasteiger partial charge in [0.05, 0.1) is 5.56 Å².